The molecule has 0 bridgehead atoms. The quantitative estimate of drug-likeness (QED) is 0.841. The molecule has 2 N–H and O–H groups in total. The second-order valence-corrected chi connectivity index (χ2v) is 5.87. The molecule has 0 unspecified atom stereocenters. The molecule has 0 aliphatic heterocycles. The van der Waals surface area contributed by atoms with Gasteiger partial charge in [0.2, 0.25) is 10.0 Å². The first-order valence-corrected chi connectivity index (χ1v) is 6.59. The van der Waals surface area contributed by atoms with Crippen LogP contribution in [0, 0.1) is 11.3 Å². The summed E-state index contributed by atoms with van der Waals surface area (Å²) in [5.41, 5.74) is 5.75. The molecule has 0 aliphatic rings. The lowest BCUT2D eigenvalue weighted by Gasteiger charge is -2.17. The van der Waals surface area contributed by atoms with E-state index in [0.717, 1.165) is 4.31 Å². The molecule has 0 aliphatic carbocycles. The Morgan fingerprint density at radius 3 is 2.76 bits per heavy atom. The van der Waals surface area contributed by atoms with Gasteiger partial charge in [-0.2, -0.15) is 9.57 Å². The van der Waals surface area contributed by atoms with E-state index in [1.54, 1.807) is 0 Å². The summed E-state index contributed by atoms with van der Waals surface area (Å²) in [6.07, 6.45) is 0.121. The van der Waals surface area contributed by atoms with E-state index >= 15 is 0 Å². The van der Waals surface area contributed by atoms with Crippen LogP contribution in [-0.2, 0) is 10.0 Å². The molecule has 0 fully saturated rings. The average molecular weight is 274 g/mol. The molecule has 1 aromatic rings. The second-order valence-electron chi connectivity index (χ2n) is 3.42. The van der Waals surface area contributed by atoms with Gasteiger partial charge in [0.1, 0.15) is 4.90 Å². The largest absolute Gasteiger partial charge is 0.398 e. The van der Waals surface area contributed by atoms with E-state index in [1.807, 2.05) is 6.07 Å². The van der Waals surface area contributed by atoms with Gasteiger partial charge in [0.15, 0.2) is 0 Å². The summed E-state index contributed by atoms with van der Waals surface area (Å²) < 4.78 is 25.3. The molecule has 0 saturated carbocycles. The highest BCUT2D eigenvalue weighted by Crippen LogP contribution is 2.25. The Bertz CT molecular complexity index is 551. The number of nitrogen functional groups attached to an aromatic ring is 1. The molecule has 1 aromatic carbocycles. The van der Waals surface area contributed by atoms with Crippen LogP contribution in [0.3, 0.4) is 0 Å². The number of benzene rings is 1. The van der Waals surface area contributed by atoms with Gasteiger partial charge in [0.05, 0.1) is 11.8 Å². The van der Waals surface area contributed by atoms with E-state index in [0.29, 0.717) is 5.02 Å². The fraction of sp³-hybridized carbons (Fsp3) is 0.300. The molecule has 1 rings (SSSR count). The Kier molecular flexibility index (Phi) is 4.34. The molecular weight excluding hydrogens is 262 g/mol. The Hall–Kier alpha value is -1.29. The lowest BCUT2D eigenvalue weighted by molar-refractivity contribution is 0.477. The van der Waals surface area contributed by atoms with Crippen LogP contribution in [0.2, 0.25) is 5.02 Å². The van der Waals surface area contributed by atoms with Crippen molar-refractivity contribution in [3.8, 4) is 6.07 Å². The number of rotatable bonds is 4. The molecule has 0 spiro atoms. The van der Waals surface area contributed by atoms with E-state index in [-0.39, 0.29) is 23.5 Å². The Morgan fingerprint density at radius 2 is 2.18 bits per heavy atom. The molecule has 0 aromatic heterocycles. The Morgan fingerprint density at radius 1 is 1.53 bits per heavy atom. The Balaban J connectivity index is 3.13. The summed E-state index contributed by atoms with van der Waals surface area (Å²) in [6.45, 7) is 0.116. The van der Waals surface area contributed by atoms with Crippen molar-refractivity contribution in [3.63, 3.8) is 0 Å². The minimum Gasteiger partial charge on any atom is -0.398 e. The summed E-state index contributed by atoms with van der Waals surface area (Å²) in [6, 6.07) is 6.14. The predicted molar refractivity (Wildman–Crippen MR) is 65.9 cm³/mol. The summed E-state index contributed by atoms with van der Waals surface area (Å²) in [4.78, 5) is -0.0366. The number of nitrogens with two attached hydrogens (primary N) is 1. The number of halogens is 1. The van der Waals surface area contributed by atoms with Gasteiger partial charge in [-0.1, -0.05) is 11.6 Å². The molecule has 0 radical (unpaired) electrons. The summed E-state index contributed by atoms with van der Waals surface area (Å²) in [5.74, 6) is 0. The minimum atomic E-state index is -3.69. The van der Waals surface area contributed by atoms with Crippen LogP contribution in [0.4, 0.5) is 5.69 Å². The Labute approximate surface area is 105 Å². The predicted octanol–water partition coefficient (Wildman–Crippen LogP) is 1.46. The second kappa shape index (κ2) is 5.36. The van der Waals surface area contributed by atoms with Gasteiger partial charge in [-0.3, -0.25) is 0 Å². The van der Waals surface area contributed by atoms with E-state index in [2.05, 4.69) is 0 Å². The summed E-state index contributed by atoms with van der Waals surface area (Å²) >= 11 is 5.74. The van der Waals surface area contributed by atoms with E-state index in [9.17, 15) is 8.42 Å². The SMILES string of the molecule is CN(CCC#N)S(=O)(=O)c1cc(Cl)ccc1N. The van der Waals surface area contributed by atoms with Crippen molar-refractivity contribution in [2.75, 3.05) is 19.3 Å². The first kappa shape index (κ1) is 13.8. The number of anilines is 1. The number of nitrogens with zero attached hydrogens (tertiary/aromatic N) is 2. The maximum absolute atomic E-state index is 12.1. The van der Waals surface area contributed by atoms with Crippen LogP contribution in [-0.4, -0.2) is 26.3 Å². The molecular formula is C10H12ClN3O2S. The summed E-state index contributed by atoms with van der Waals surface area (Å²) in [7, 11) is -2.30. The maximum Gasteiger partial charge on any atom is 0.244 e. The molecule has 5 nitrogen and oxygen atoms in total. The molecule has 7 heteroatoms. The standard InChI is InChI=1S/C10H12ClN3O2S/c1-14(6-2-5-12)17(15,16)10-7-8(11)3-4-9(10)13/h3-4,7H,2,6,13H2,1H3. The van der Waals surface area contributed by atoms with E-state index in [1.165, 1.54) is 25.2 Å². The van der Waals surface area contributed by atoms with E-state index in [4.69, 9.17) is 22.6 Å². The van der Waals surface area contributed by atoms with Crippen LogP contribution in [0.15, 0.2) is 23.1 Å². The summed E-state index contributed by atoms with van der Waals surface area (Å²) in [5, 5.41) is 8.73. The first-order chi connectivity index (χ1) is 7.89. The molecule has 17 heavy (non-hydrogen) atoms. The van der Waals surface area contributed by atoms with Crippen molar-refractivity contribution in [3.05, 3.63) is 23.2 Å². The molecule has 0 amide bonds. The molecule has 92 valence electrons. The third-order valence-corrected chi connectivity index (χ3v) is 4.35. The smallest absolute Gasteiger partial charge is 0.244 e. The zero-order valence-corrected chi connectivity index (χ0v) is 10.8. The van der Waals surface area contributed by atoms with Crippen molar-refractivity contribution < 1.29 is 8.42 Å². The highest BCUT2D eigenvalue weighted by atomic mass is 35.5. The van der Waals surface area contributed by atoms with Gasteiger partial charge in [-0.25, -0.2) is 8.42 Å². The van der Waals surface area contributed by atoms with E-state index < -0.39 is 10.0 Å². The molecule has 0 saturated heterocycles. The zero-order chi connectivity index (χ0) is 13.1. The van der Waals surface area contributed by atoms with Crippen LogP contribution >= 0.6 is 11.6 Å². The van der Waals surface area contributed by atoms with Gasteiger partial charge < -0.3 is 5.73 Å². The monoisotopic (exact) mass is 273 g/mol. The van der Waals surface area contributed by atoms with Gasteiger partial charge >= 0.3 is 0 Å². The zero-order valence-electron chi connectivity index (χ0n) is 9.22. The van der Waals surface area contributed by atoms with Crippen molar-refractivity contribution in [1.82, 2.24) is 4.31 Å². The van der Waals surface area contributed by atoms with Gasteiger partial charge in [0.25, 0.3) is 0 Å². The number of hydrogen-bond acceptors (Lipinski definition) is 4. The highest BCUT2D eigenvalue weighted by molar-refractivity contribution is 7.89. The average Bonchev–Trinajstić information content (AvgIpc) is 2.28. The molecule has 0 atom stereocenters. The van der Waals surface area contributed by atoms with Gasteiger partial charge in [0, 0.05) is 25.0 Å². The van der Waals surface area contributed by atoms with Crippen LogP contribution in [0.25, 0.3) is 0 Å². The fourth-order valence-electron chi connectivity index (χ4n) is 1.23. The highest BCUT2D eigenvalue weighted by Gasteiger charge is 2.23. The third kappa shape index (κ3) is 3.09. The van der Waals surface area contributed by atoms with Gasteiger partial charge in [-0.15, -0.1) is 0 Å². The van der Waals surface area contributed by atoms with Crippen LogP contribution in [0.5, 0.6) is 0 Å². The maximum atomic E-state index is 12.1. The van der Waals surface area contributed by atoms with Crippen LogP contribution in [0.1, 0.15) is 6.42 Å². The number of nitriles is 1. The van der Waals surface area contributed by atoms with Crippen molar-refractivity contribution in [2.45, 2.75) is 11.3 Å². The van der Waals surface area contributed by atoms with Crippen LogP contribution < -0.4 is 5.73 Å². The first-order valence-electron chi connectivity index (χ1n) is 4.78. The van der Waals surface area contributed by atoms with Gasteiger partial charge in [-0.05, 0) is 18.2 Å². The fourth-order valence-corrected chi connectivity index (χ4v) is 2.77. The van der Waals surface area contributed by atoms with Crippen molar-refractivity contribution >= 4 is 27.3 Å². The topological polar surface area (TPSA) is 87.2 Å². The minimum absolute atomic E-state index is 0.0366. The lowest BCUT2D eigenvalue weighted by atomic mass is 10.3. The van der Waals surface area contributed by atoms with Crippen molar-refractivity contribution in [1.29, 1.82) is 5.26 Å². The normalized spacial score (nSPS) is 11.4. The molecule has 0 heterocycles. The van der Waals surface area contributed by atoms with Crippen molar-refractivity contribution in [2.24, 2.45) is 0 Å². The lowest BCUT2D eigenvalue weighted by Crippen LogP contribution is -2.28. The number of sulfonamides is 1. The third-order valence-electron chi connectivity index (χ3n) is 2.20. The number of hydrogen-bond donors (Lipinski definition) is 1.